The van der Waals surface area contributed by atoms with Crippen molar-refractivity contribution in [3.63, 3.8) is 0 Å². The van der Waals surface area contributed by atoms with Crippen LogP contribution in [0.25, 0.3) is 0 Å². The fraction of sp³-hybridized carbons (Fsp3) is 0.389. The maximum absolute atomic E-state index is 3.25. The minimum atomic E-state index is -0.171. The smallest absolute Gasteiger partial charge is 0.261 e. The monoisotopic (exact) mass is 438 g/mol. The summed E-state index contributed by atoms with van der Waals surface area (Å²) in [4.78, 5) is 0. The first kappa shape index (κ1) is 26.7. The Balaban J connectivity index is -0.000000201. The van der Waals surface area contributed by atoms with Crippen LogP contribution in [0, 0.1) is 109 Å². The van der Waals surface area contributed by atoms with Crippen LogP contribution in [0.2, 0.25) is 15.8 Å². The van der Waals surface area contributed by atoms with Crippen LogP contribution >= 0.6 is 0 Å². The molecule has 0 heterocycles. The van der Waals surface area contributed by atoms with E-state index in [-0.39, 0.29) is 51.9 Å². The van der Waals surface area contributed by atoms with Gasteiger partial charge in [0.2, 0.25) is 0 Å². The first-order chi connectivity index (χ1) is 9.35. The van der Waals surface area contributed by atoms with Crippen LogP contribution in [-0.2, 0) is 0 Å². The van der Waals surface area contributed by atoms with Crippen molar-refractivity contribution in [2.24, 2.45) is 0 Å². The Morgan fingerprint density at radius 1 is 0.550 bits per heavy atom. The van der Waals surface area contributed by atoms with E-state index in [1.165, 1.54) is 15.8 Å². The summed E-state index contributed by atoms with van der Waals surface area (Å²) in [5.74, 6) is 0. The average Bonchev–Trinajstić information content (AvgIpc) is 3.21. The summed E-state index contributed by atoms with van der Waals surface area (Å²) in [5.41, 5.74) is 0. The summed E-state index contributed by atoms with van der Waals surface area (Å²) >= 11 is -0.171. The van der Waals surface area contributed by atoms with Crippen molar-refractivity contribution in [1.29, 1.82) is 0 Å². The predicted octanol–water partition coefficient (Wildman–Crippen LogP) is 5.42. The third-order valence-corrected chi connectivity index (χ3v) is 6.31. The third kappa shape index (κ3) is 22.1. The van der Waals surface area contributed by atoms with Crippen LogP contribution in [-0.4, -0.2) is 14.1 Å². The van der Waals surface area contributed by atoms with E-state index in [1.54, 1.807) is 6.92 Å². The van der Waals surface area contributed by atoms with Crippen LogP contribution in [0.1, 0.15) is 27.7 Å². The molecule has 2 saturated carbocycles. The molecule has 0 aromatic heterocycles. The standard InChI is InChI=1S/2C5H5.4C2H5.Al.Ho/c2*1-2-4-5-3-1;4*1-2;;/h2*1-5H;4*1H2,2H3;;/q;;;;;-1;;. The Kier molecular flexibility index (Phi) is 34.3. The molecule has 11 radical (unpaired) electrons. The van der Waals surface area contributed by atoms with Crippen molar-refractivity contribution in [2.45, 2.75) is 43.5 Å². The Morgan fingerprint density at radius 3 is 0.750 bits per heavy atom. The van der Waals surface area contributed by atoms with E-state index in [0.717, 1.165) is 0 Å². The van der Waals surface area contributed by atoms with E-state index < -0.39 is 0 Å². The van der Waals surface area contributed by atoms with Gasteiger partial charge in [0.05, 0.1) is 0 Å². The van der Waals surface area contributed by atoms with Crippen molar-refractivity contribution < 1.29 is 37.7 Å². The normalized spacial score (nSPS) is 15.4. The quantitative estimate of drug-likeness (QED) is 0.408. The minimum Gasteiger partial charge on any atom is -0.346 e. The van der Waals surface area contributed by atoms with Gasteiger partial charge in [0.15, 0.2) is 0 Å². The fourth-order valence-electron chi connectivity index (χ4n) is 1.51. The molecule has 2 fully saturated rings. The second kappa shape index (κ2) is 25.7. The fourth-order valence-corrected chi connectivity index (χ4v) is 3.24. The van der Waals surface area contributed by atoms with E-state index in [9.17, 15) is 0 Å². The predicted molar refractivity (Wildman–Crippen MR) is 91.2 cm³/mol. The molecule has 0 bridgehead atoms. The van der Waals surface area contributed by atoms with E-state index in [1.807, 2.05) is 64.2 Å². The number of rotatable bonds is 3. The van der Waals surface area contributed by atoms with Crippen molar-refractivity contribution in [3.05, 3.63) is 71.1 Å². The zero-order chi connectivity index (χ0) is 14.8. The van der Waals surface area contributed by atoms with Crippen LogP contribution in [0.5, 0.6) is 0 Å². The maximum atomic E-state index is 3.25. The number of hydrogen-bond donors (Lipinski definition) is 0. The molecule has 0 N–H and O–H groups in total. The zero-order valence-corrected chi connectivity index (χ0v) is 16.6. The topological polar surface area (TPSA) is 0 Å². The molecule has 0 unspecified atom stereocenters. The molecule has 0 nitrogen and oxygen atoms in total. The van der Waals surface area contributed by atoms with Gasteiger partial charge in [0.1, 0.15) is 0 Å². The van der Waals surface area contributed by atoms with Crippen LogP contribution in [0.4, 0.5) is 0 Å². The summed E-state index contributed by atoms with van der Waals surface area (Å²) in [7, 11) is 0. The van der Waals surface area contributed by atoms with Crippen LogP contribution in [0.15, 0.2) is 0 Å². The summed E-state index contributed by atoms with van der Waals surface area (Å²) < 4.78 is 0. The van der Waals surface area contributed by atoms with Gasteiger partial charge in [-0.3, -0.25) is 0 Å². The molecular weight excluding hydrogens is 408 g/mol. The second-order valence-electron chi connectivity index (χ2n) is 4.02. The summed E-state index contributed by atoms with van der Waals surface area (Å²) in [6.07, 6.45) is 20.0. The maximum Gasteiger partial charge on any atom is 0.261 e. The van der Waals surface area contributed by atoms with Gasteiger partial charge in [-0.1, -0.05) is 36.6 Å². The van der Waals surface area contributed by atoms with Crippen LogP contribution < -0.4 is 0 Å². The van der Waals surface area contributed by atoms with Gasteiger partial charge >= 0.3 is 0 Å². The van der Waals surface area contributed by atoms with E-state index in [0.29, 0.717) is 0 Å². The van der Waals surface area contributed by atoms with Gasteiger partial charge in [-0.05, 0) is 64.2 Å². The molecule has 2 rings (SSSR count). The minimum absolute atomic E-state index is 0. The summed E-state index contributed by atoms with van der Waals surface area (Å²) in [6, 6.07) is 0. The van der Waals surface area contributed by atoms with E-state index in [2.05, 4.69) is 27.7 Å². The largest absolute Gasteiger partial charge is 0.346 e. The second-order valence-corrected chi connectivity index (χ2v) is 8.20. The molecule has 2 heteroatoms. The molecule has 0 atom stereocenters. The molecule has 2 aliphatic carbocycles. The van der Waals surface area contributed by atoms with Crippen molar-refractivity contribution >= 4 is 14.1 Å². The van der Waals surface area contributed by atoms with Crippen molar-refractivity contribution in [2.75, 3.05) is 0 Å². The van der Waals surface area contributed by atoms with E-state index in [4.69, 9.17) is 0 Å². The third-order valence-electron chi connectivity index (χ3n) is 2.84. The molecule has 0 aromatic rings. The van der Waals surface area contributed by atoms with Gasteiger partial charge in [0.25, 0.3) is 14.1 Å². The molecule has 2 aliphatic rings. The SMILES string of the molecule is C[CH2][Al]([CH2]C)[CH2]C.[CH2-]C.[CH]1[CH][CH][CH][CH]1.[CH]1[CH][CH][CH][CH]1.[Ho]. The average molecular weight is 438 g/mol. The summed E-state index contributed by atoms with van der Waals surface area (Å²) in [5, 5.41) is 4.48. The van der Waals surface area contributed by atoms with Gasteiger partial charge in [-0.15, -0.1) is 0 Å². The van der Waals surface area contributed by atoms with E-state index >= 15 is 0 Å². The molecule has 0 spiro atoms. The molecule has 117 valence electrons. The molecule has 0 saturated heterocycles. The molecular formula is C18H30AlHo-. The Labute approximate surface area is 165 Å². The van der Waals surface area contributed by atoms with Gasteiger partial charge in [-0.25, -0.2) is 0 Å². The van der Waals surface area contributed by atoms with Gasteiger partial charge < -0.3 is 6.92 Å². The molecule has 0 amide bonds. The summed E-state index contributed by atoms with van der Waals surface area (Å²) in [6.45, 7) is 12.0. The van der Waals surface area contributed by atoms with Crippen molar-refractivity contribution in [3.8, 4) is 0 Å². The Hall–Kier alpha value is 1.79. The Morgan fingerprint density at radius 2 is 0.700 bits per heavy atom. The zero-order valence-electron chi connectivity index (χ0n) is 13.5. The first-order valence-electron chi connectivity index (χ1n) is 7.39. The van der Waals surface area contributed by atoms with Gasteiger partial charge in [-0.2, -0.15) is 6.92 Å². The molecule has 0 aromatic carbocycles. The Bertz CT molecular complexity index is 96.7. The number of hydrogen-bond acceptors (Lipinski definition) is 0. The van der Waals surface area contributed by atoms with Gasteiger partial charge in [0, 0.05) is 37.7 Å². The first-order valence-corrected chi connectivity index (χ1v) is 9.84. The van der Waals surface area contributed by atoms with Crippen molar-refractivity contribution in [1.82, 2.24) is 0 Å². The molecule has 0 aliphatic heterocycles. The molecule has 20 heavy (non-hydrogen) atoms. The van der Waals surface area contributed by atoms with Crippen LogP contribution in [0.3, 0.4) is 0 Å².